The summed E-state index contributed by atoms with van der Waals surface area (Å²) in [6, 6.07) is 1.12. The monoisotopic (exact) mass is 253 g/mol. The number of hydrogen-bond acceptors (Lipinski definition) is 6. The number of anilines is 1. The highest BCUT2D eigenvalue weighted by Gasteiger charge is 2.15. The van der Waals surface area contributed by atoms with E-state index in [1.54, 1.807) is 0 Å². The summed E-state index contributed by atoms with van der Waals surface area (Å²) in [7, 11) is 1.83. The van der Waals surface area contributed by atoms with Crippen LogP contribution in [-0.4, -0.2) is 36.0 Å². The van der Waals surface area contributed by atoms with Crippen molar-refractivity contribution in [2.75, 3.05) is 25.5 Å². The number of nitrogens with two attached hydrogens (primary N) is 1. The Morgan fingerprint density at radius 3 is 2.83 bits per heavy atom. The molecule has 0 aliphatic rings. The highest BCUT2D eigenvalue weighted by molar-refractivity contribution is 5.98. The highest BCUT2D eigenvalue weighted by Crippen LogP contribution is 2.18. The molecule has 4 N–H and O–H groups in total. The second-order valence-electron chi connectivity index (χ2n) is 3.59. The summed E-state index contributed by atoms with van der Waals surface area (Å²) in [5, 5.41) is 16.5. The standard InChI is InChI=1S/C10H15N5O3/c1-12-3-2-4-13-10-8(9(11)16)5-7(6-14-10)15(17)18/h5-6,12H,2-4H2,1H3,(H2,11,16)(H,13,14). The van der Waals surface area contributed by atoms with Crippen LogP contribution in [0.25, 0.3) is 0 Å². The van der Waals surface area contributed by atoms with E-state index in [0.29, 0.717) is 6.54 Å². The quantitative estimate of drug-likeness (QED) is 0.360. The van der Waals surface area contributed by atoms with E-state index in [4.69, 9.17) is 5.73 Å². The molecule has 1 rings (SSSR count). The van der Waals surface area contributed by atoms with Crippen molar-refractivity contribution in [1.82, 2.24) is 10.3 Å². The first-order valence-electron chi connectivity index (χ1n) is 5.39. The fraction of sp³-hybridized carbons (Fsp3) is 0.400. The van der Waals surface area contributed by atoms with Crippen LogP contribution in [0.2, 0.25) is 0 Å². The first-order valence-corrected chi connectivity index (χ1v) is 5.39. The van der Waals surface area contributed by atoms with Crippen LogP contribution in [0.4, 0.5) is 11.5 Å². The third-order valence-corrected chi connectivity index (χ3v) is 2.25. The molecular formula is C10H15N5O3. The lowest BCUT2D eigenvalue weighted by atomic mass is 10.2. The van der Waals surface area contributed by atoms with Gasteiger partial charge in [-0.05, 0) is 20.0 Å². The van der Waals surface area contributed by atoms with Crippen LogP contribution in [0.15, 0.2) is 12.3 Å². The first-order chi connectivity index (χ1) is 8.56. The van der Waals surface area contributed by atoms with Gasteiger partial charge in [0.15, 0.2) is 0 Å². The Bertz CT molecular complexity index is 449. The Kier molecular flexibility index (Phi) is 5.00. The van der Waals surface area contributed by atoms with E-state index in [1.165, 1.54) is 0 Å². The van der Waals surface area contributed by atoms with E-state index in [2.05, 4.69) is 15.6 Å². The number of pyridine rings is 1. The zero-order chi connectivity index (χ0) is 13.5. The molecule has 1 heterocycles. The maximum Gasteiger partial charge on any atom is 0.288 e. The Balaban J connectivity index is 2.83. The molecule has 0 saturated heterocycles. The molecule has 1 amide bonds. The van der Waals surface area contributed by atoms with Gasteiger partial charge < -0.3 is 16.4 Å². The number of rotatable bonds is 7. The van der Waals surface area contributed by atoms with E-state index in [1.807, 2.05) is 7.05 Å². The van der Waals surface area contributed by atoms with Gasteiger partial charge >= 0.3 is 0 Å². The molecule has 98 valence electrons. The molecule has 8 heteroatoms. The van der Waals surface area contributed by atoms with Gasteiger partial charge in [0.2, 0.25) is 0 Å². The zero-order valence-corrected chi connectivity index (χ0v) is 9.97. The van der Waals surface area contributed by atoms with Crippen molar-refractivity contribution in [3.8, 4) is 0 Å². The van der Waals surface area contributed by atoms with Gasteiger partial charge in [-0.15, -0.1) is 0 Å². The van der Waals surface area contributed by atoms with E-state index in [9.17, 15) is 14.9 Å². The molecule has 0 aromatic carbocycles. The fourth-order valence-corrected chi connectivity index (χ4v) is 1.35. The number of aromatic nitrogens is 1. The van der Waals surface area contributed by atoms with E-state index >= 15 is 0 Å². The molecule has 8 nitrogen and oxygen atoms in total. The van der Waals surface area contributed by atoms with Gasteiger partial charge in [0, 0.05) is 12.6 Å². The molecule has 0 unspecified atom stereocenters. The lowest BCUT2D eigenvalue weighted by molar-refractivity contribution is -0.385. The largest absolute Gasteiger partial charge is 0.369 e. The molecule has 0 fully saturated rings. The number of nitrogens with one attached hydrogen (secondary N) is 2. The van der Waals surface area contributed by atoms with Gasteiger partial charge in [-0.2, -0.15) is 0 Å². The van der Waals surface area contributed by atoms with Crippen molar-refractivity contribution in [1.29, 1.82) is 0 Å². The van der Waals surface area contributed by atoms with Gasteiger partial charge in [0.05, 0.1) is 10.5 Å². The van der Waals surface area contributed by atoms with Crippen molar-refractivity contribution >= 4 is 17.4 Å². The normalized spacial score (nSPS) is 10.1. The van der Waals surface area contributed by atoms with Crippen molar-refractivity contribution in [3.05, 3.63) is 27.9 Å². The molecular weight excluding hydrogens is 238 g/mol. The Morgan fingerprint density at radius 1 is 1.56 bits per heavy atom. The van der Waals surface area contributed by atoms with Crippen LogP contribution in [0.5, 0.6) is 0 Å². The predicted molar refractivity (Wildman–Crippen MR) is 66.4 cm³/mol. The average molecular weight is 253 g/mol. The fourth-order valence-electron chi connectivity index (χ4n) is 1.35. The van der Waals surface area contributed by atoms with Crippen molar-refractivity contribution < 1.29 is 9.72 Å². The molecule has 0 radical (unpaired) electrons. The second kappa shape index (κ2) is 6.50. The summed E-state index contributed by atoms with van der Waals surface area (Å²) in [6.07, 6.45) is 1.92. The molecule has 0 saturated carbocycles. The minimum absolute atomic E-state index is 0.0219. The van der Waals surface area contributed by atoms with Crippen LogP contribution in [0, 0.1) is 10.1 Å². The number of nitro groups is 1. The zero-order valence-electron chi connectivity index (χ0n) is 9.97. The number of hydrogen-bond donors (Lipinski definition) is 3. The minimum Gasteiger partial charge on any atom is -0.369 e. The number of amides is 1. The third kappa shape index (κ3) is 3.67. The van der Waals surface area contributed by atoms with Crippen molar-refractivity contribution in [2.24, 2.45) is 5.73 Å². The molecule has 1 aromatic heterocycles. The first kappa shape index (κ1) is 13.8. The Labute approximate surface area is 104 Å². The molecule has 0 aliphatic carbocycles. The van der Waals surface area contributed by atoms with E-state index in [-0.39, 0.29) is 17.1 Å². The lowest BCUT2D eigenvalue weighted by Gasteiger charge is -2.08. The van der Waals surface area contributed by atoms with Crippen LogP contribution >= 0.6 is 0 Å². The van der Waals surface area contributed by atoms with Gasteiger partial charge in [0.25, 0.3) is 11.6 Å². The van der Waals surface area contributed by atoms with Gasteiger partial charge in [0.1, 0.15) is 12.0 Å². The summed E-state index contributed by atoms with van der Waals surface area (Å²) >= 11 is 0. The van der Waals surface area contributed by atoms with E-state index < -0.39 is 10.8 Å². The molecule has 1 aromatic rings. The third-order valence-electron chi connectivity index (χ3n) is 2.25. The van der Waals surface area contributed by atoms with Crippen molar-refractivity contribution in [2.45, 2.75) is 6.42 Å². The highest BCUT2D eigenvalue weighted by atomic mass is 16.6. The maximum atomic E-state index is 11.2. The molecule has 0 aliphatic heterocycles. The van der Waals surface area contributed by atoms with Crippen LogP contribution in [0.1, 0.15) is 16.8 Å². The van der Waals surface area contributed by atoms with Crippen LogP contribution < -0.4 is 16.4 Å². The summed E-state index contributed by atoms with van der Waals surface area (Å²) in [5.74, 6) is -0.480. The maximum absolute atomic E-state index is 11.2. The summed E-state index contributed by atoms with van der Waals surface area (Å²) in [4.78, 5) is 25.0. The SMILES string of the molecule is CNCCCNc1ncc([N+](=O)[O-])cc1C(N)=O. The average Bonchev–Trinajstić information content (AvgIpc) is 2.34. The van der Waals surface area contributed by atoms with Gasteiger partial charge in [-0.1, -0.05) is 0 Å². The number of primary amides is 1. The molecule has 0 bridgehead atoms. The van der Waals surface area contributed by atoms with Crippen LogP contribution in [0.3, 0.4) is 0 Å². The summed E-state index contributed by atoms with van der Waals surface area (Å²) < 4.78 is 0. The Hall–Kier alpha value is -2.22. The lowest BCUT2D eigenvalue weighted by Crippen LogP contribution is -2.18. The molecule has 0 atom stereocenters. The van der Waals surface area contributed by atoms with Gasteiger partial charge in [-0.3, -0.25) is 14.9 Å². The topological polar surface area (TPSA) is 123 Å². The second-order valence-corrected chi connectivity index (χ2v) is 3.59. The number of carbonyl (C=O) groups is 1. The van der Waals surface area contributed by atoms with Crippen LogP contribution in [-0.2, 0) is 0 Å². The summed E-state index contributed by atoms with van der Waals surface area (Å²) in [6.45, 7) is 1.40. The van der Waals surface area contributed by atoms with Crippen molar-refractivity contribution in [3.63, 3.8) is 0 Å². The number of nitrogens with zero attached hydrogens (tertiary/aromatic N) is 2. The molecule has 18 heavy (non-hydrogen) atoms. The number of carbonyl (C=O) groups excluding carboxylic acids is 1. The minimum atomic E-state index is -0.748. The predicted octanol–water partition coefficient (Wildman–Crippen LogP) is 0.110. The Morgan fingerprint density at radius 2 is 2.28 bits per heavy atom. The smallest absolute Gasteiger partial charge is 0.288 e. The molecule has 0 spiro atoms. The van der Waals surface area contributed by atoms with E-state index in [0.717, 1.165) is 25.2 Å². The summed E-state index contributed by atoms with van der Waals surface area (Å²) in [5.41, 5.74) is 4.92. The van der Waals surface area contributed by atoms with Gasteiger partial charge in [-0.25, -0.2) is 4.98 Å².